The third-order valence-electron chi connectivity index (χ3n) is 4.62. The topological polar surface area (TPSA) is 102 Å². The molecule has 28 heavy (non-hydrogen) atoms. The van der Waals surface area contributed by atoms with Crippen molar-refractivity contribution in [1.29, 1.82) is 0 Å². The Labute approximate surface area is 162 Å². The number of rotatable bonds is 7. The Kier molecular flexibility index (Phi) is 4.92. The molecule has 1 aliphatic rings. The monoisotopic (exact) mass is 379 g/mol. The highest BCUT2D eigenvalue weighted by Gasteiger charge is 2.25. The Morgan fingerprint density at radius 2 is 2.00 bits per heavy atom. The smallest absolute Gasteiger partial charge is 0.319 e. The number of nitrogens with one attached hydrogen (secondary N) is 2. The minimum atomic E-state index is -0.105. The van der Waals surface area contributed by atoms with Gasteiger partial charge < -0.3 is 14.8 Å². The molecule has 0 saturated heterocycles. The van der Waals surface area contributed by atoms with E-state index in [4.69, 9.17) is 9.47 Å². The first kappa shape index (κ1) is 18.0. The van der Waals surface area contributed by atoms with E-state index in [0.717, 1.165) is 22.4 Å². The summed E-state index contributed by atoms with van der Waals surface area (Å²) in [6.07, 6.45) is 4.29. The zero-order valence-corrected chi connectivity index (χ0v) is 15.7. The lowest BCUT2D eigenvalue weighted by molar-refractivity contribution is -0.115. The van der Waals surface area contributed by atoms with Crippen LogP contribution in [0.4, 0.5) is 5.82 Å². The number of aromatic nitrogens is 4. The second-order valence-corrected chi connectivity index (χ2v) is 6.68. The summed E-state index contributed by atoms with van der Waals surface area (Å²) in [5.74, 6) is 1.47. The van der Waals surface area contributed by atoms with Crippen molar-refractivity contribution in [3.05, 3.63) is 47.8 Å². The molecule has 1 saturated carbocycles. The van der Waals surface area contributed by atoms with Crippen LogP contribution in [-0.2, 0) is 11.2 Å². The third-order valence-corrected chi connectivity index (χ3v) is 4.62. The minimum absolute atomic E-state index is 0.105. The molecule has 1 amide bonds. The number of carbonyl (C=O) groups excluding carboxylic acids is 1. The zero-order valence-electron chi connectivity index (χ0n) is 15.7. The maximum atomic E-state index is 12.3. The van der Waals surface area contributed by atoms with Crippen LogP contribution in [0.3, 0.4) is 0 Å². The van der Waals surface area contributed by atoms with E-state index in [9.17, 15) is 4.79 Å². The largest absolute Gasteiger partial charge is 0.480 e. The summed E-state index contributed by atoms with van der Waals surface area (Å²) in [5, 5.41) is 9.97. The highest BCUT2D eigenvalue weighted by molar-refractivity contribution is 5.91. The number of amides is 1. The summed E-state index contributed by atoms with van der Waals surface area (Å²) >= 11 is 0. The van der Waals surface area contributed by atoms with Crippen LogP contribution in [0.25, 0.3) is 11.1 Å². The summed E-state index contributed by atoms with van der Waals surface area (Å²) in [6.45, 7) is 0. The summed E-state index contributed by atoms with van der Waals surface area (Å²) in [5.41, 5.74) is 3.64. The first-order valence-corrected chi connectivity index (χ1v) is 9.05. The average Bonchev–Trinajstić information content (AvgIpc) is 3.47. The molecule has 4 rings (SSSR count). The van der Waals surface area contributed by atoms with E-state index in [1.807, 2.05) is 30.3 Å². The van der Waals surface area contributed by atoms with Crippen LogP contribution in [0.2, 0.25) is 0 Å². The van der Waals surface area contributed by atoms with E-state index in [1.54, 1.807) is 13.3 Å². The van der Waals surface area contributed by atoms with Crippen molar-refractivity contribution in [3.63, 3.8) is 0 Å². The lowest BCUT2D eigenvalue weighted by atomic mass is 10.0. The second kappa shape index (κ2) is 7.67. The molecular formula is C20H21N5O3. The van der Waals surface area contributed by atoms with Crippen LogP contribution in [0.1, 0.15) is 30.0 Å². The molecule has 0 spiro atoms. The molecule has 0 unspecified atom stereocenters. The van der Waals surface area contributed by atoms with Gasteiger partial charge in [-0.25, -0.2) is 4.98 Å². The molecule has 0 atom stereocenters. The van der Waals surface area contributed by atoms with Crippen molar-refractivity contribution in [3.8, 4) is 23.0 Å². The summed E-state index contributed by atoms with van der Waals surface area (Å²) in [6, 6.07) is 9.79. The van der Waals surface area contributed by atoms with Crippen LogP contribution in [0.5, 0.6) is 11.9 Å². The fraction of sp³-hybridized carbons (Fsp3) is 0.300. The first-order chi connectivity index (χ1) is 13.7. The van der Waals surface area contributed by atoms with Crippen LogP contribution in [0, 0.1) is 0 Å². The van der Waals surface area contributed by atoms with Crippen LogP contribution in [0.15, 0.2) is 36.5 Å². The van der Waals surface area contributed by atoms with Crippen molar-refractivity contribution < 1.29 is 14.3 Å². The van der Waals surface area contributed by atoms with E-state index in [2.05, 4.69) is 25.5 Å². The van der Waals surface area contributed by atoms with Gasteiger partial charge in [-0.15, -0.1) is 0 Å². The Morgan fingerprint density at radius 3 is 2.68 bits per heavy atom. The number of H-pyrrole nitrogens is 1. The molecule has 144 valence electrons. The van der Waals surface area contributed by atoms with Gasteiger partial charge >= 0.3 is 6.01 Å². The van der Waals surface area contributed by atoms with Gasteiger partial charge in [0.15, 0.2) is 5.82 Å². The number of hydrogen-bond acceptors (Lipinski definition) is 6. The highest BCUT2D eigenvalue weighted by atomic mass is 16.5. The molecule has 1 fully saturated rings. The molecule has 2 aromatic heterocycles. The second-order valence-electron chi connectivity index (χ2n) is 6.68. The molecule has 1 aromatic carbocycles. The van der Waals surface area contributed by atoms with Gasteiger partial charge in [0, 0.05) is 23.9 Å². The van der Waals surface area contributed by atoms with Crippen molar-refractivity contribution in [2.24, 2.45) is 0 Å². The molecule has 8 heteroatoms. The molecule has 0 radical (unpaired) electrons. The van der Waals surface area contributed by atoms with Gasteiger partial charge in [0.2, 0.25) is 11.8 Å². The fourth-order valence-corrected chi connectivity index (χ4v) is 2.98. The van der Waals surface area contributed by atoms with Gasteiger partial charge in [-0.1, -0.05) is 24.3 Å². The number of ether oxygens (including phenoxy) is 2. The van der Waals surface area contributed by atoms with Crippen LogP contribution >= 0.6 is 0 Å². The average molecular weight is 379 g/mol. The van der Waals surface area contributed by atoms with Crippen molar-refractivity contribution >= 4 is 11.7 Å². The molecule has 8 nitrogen and oxygen atoms in total. The highest BCUT2D eigenvalue weighted by Crippen LogP contribution is 2.39. The van der Waals surface area contributed by atoms with E-state index >= 15 is 0 Å². The molecule has 2 N–H and O–H groups in total. The van der Waals surface area contributed by atoms with Gasteiger partial charge in [-0.2, -0.15) is 10.1 Å². The normalized spacial score (nSPS) is 13.2. The number of benzene rings is 1. The van der Waals surface area contributed by atoms with Crippen molar-refractivity contribution in [2.75, 3.05) is 19.5 Å². The van der Waals surface area contributed by atoms with Crippen LogP contribution < -0.4 is 14.8 Å². The van der Waals surface area contributed by atoms with Gasteiger partial charge in [0.25, 0.3) is 0 Å². The molecule has 0 aliphatic heterocycles. The third kappa shape index (κ3) is 3.95. The number of nitrogens with zero attached hydrogens (tertiary/aromatic N) is 3. The van der Waals surface area contributed by atoms with Crippen molar-refractivity contribution in [2.45, 2.75) is 25.2 Å². The lowest BCUT2D eigenvalue weighted by Crippen LogP contribution is -2.14. The Morgan fingerprint density at radius 1 is 1.21 bits per heavy atom. The predicted octanol–water partition coefficient (Wildman–Crippen LogP) is 2.94. The number of anilines is 1. The fourth-order valence-electron chi connectivity index (χ4n) is 2.98. The Bertz CT molecular complexity index is 980. The van der Waals surface area contributed by atoms with Crippen LogP contribution in [-0.4, -0.2) is 40.3 Å². The van der Waals surface area contributed by atoms with E-state index in [0.29, 0.717) is 17.6 Å². The van der Waals surface area contributed by atoms with Gasteiger partial charge in [0.1, 0.15) is 0 Å². The lowest BCUT2D eigenvalue weighted by Gasteiger charge is -2.09. The molecule has 3 aromatic rings. The maximum Gasteiger partial charge on any atom is 0.319 e. The van der Waals surface area contributed by atoms with E-state index in [-0.39, 0.29) is 18.3 Å². The van der Waals surface area contributed by atoms with E-state index < -0.39 is 0 Å². The molecular weight excluding hydrogens is 358 g/mol. The predicted molar refractivity (Wildman–Crippen MR) is 103 cm³/mol. The zero-order chi connectivity index (χ0) is 19.5. The molecule has 0 bridgehead atoms. The van der Waals surface area contributed by atoms with Gasteiger partial charge in [-0.05, 0) is 24.0 Å². The standard InChI is InChI=1S/C20H21N5O3/c1-27-19-15(11-21-20(23-19)28-2)13-5-3-12(4-6-13)9-18(26)22-17-10-16(24-25-17)14-7-8-14/h3-6,10-11,14H,7-9H2,1-2H3,(H2,22,24,25,26). The van der Waals surface area contributed by atoms with Crippen molar-refractivity contribution in [1.82, 2.24) is 20.2 Å². The van der Waals surface area contributed by atoms with Gasteiger partial charge in [0.05, 0.1) is 26.2 Å². The Hall–Kier alpha value is -3.42. The number of hydrogen-bond donors (Lipinski definition) is 2. The molecule has 2 heterocycles. The maximum absolute atomic E-state index is 12.3. The van der Waals surface area contributed by atoms with E-state index in [1.165, 1.54) is 20.0 Å². The summed E-state index contributed by atoms with van der Waals surface area (Å²) < 4.78 is 10.3. The van der Waals surface area contributed by atoms with Gasteiger partial charge in [-0.3, -0.25) is 9.89 Å². The number of methoxy groups -OCH3 is 2. The summed E-state index contributed by atoms with van der Waals surface area (Å²) in [4.78, 5) is 20.6. The number of aromatic amines is 1. The SMILES string of the molecule is COc1ncc(-c2ccc(CC(=O)Nc3cc(C4CC4)[nH]n3)cc2)c(OC)n1. The Balaban J connectivity index is 1.42. The summed E-state index contributed by atoms with van der Waals surface area (Å²) in [7, 11) is 3.05. The molecule has 1 aliphatic carbocycles. The quantitative estimate of drug-likeness (QED) is 0.654. The number of carbonyl (C=O) groups is 1. The first-order valence-electron chi connectivity index (χ1n) is 9.05. The minimum Gasteiger partial charge on any atom is -0.480 e.